The molecule has 18 heavy (non-hydrogen) atoms. The zero-order chi connectivity index (χ0) is 13.0. The van der Waals surface area contributed by atoms with Gasteiger partial charge in [-0.25, -0.2) is 4.98 Å². The molecule has 0 aliphatic heterocycles. The van der Waals surface area contributed by atoms with Crippen LogP contribution >= 0.6 is 0 Å². The van der Waals surface area contributed by atoms with Crippen molar-refractivity contribution in [2.45, 2.75) is 0 Å². The standard InChI is InChI=1S/C13H13N3O2/c1-15-13(17)12-6-5-11(8-16-12)18-10-4-2-3-9(14)7-10/h2-8H,14H2,1H3,(H,15,17). The molecule has 0 unspecified atom stereocenters. The lowest BCUT2D eigenvalue weighted by Crippen LogP contribution is -2.18. The third-order valence-corrected chi connectivity index (χ3v) is 2.29. The fourth-order valence-corrected chi connectivity index (χ4v) is 1.42. The molecule has 0 saturated heterocycles. The van der Waals surface area contributed by atoms with E-state index in [0.717, 1.165) is 0 Å². The summed E-state index contributed by atoms with van der Waals surface area (Å²) in [5.74, 6) is 0.947. The molecule has 1 amide bonds. The summed E-state index contributed by atoms with van der Waals surface area (Å²) >= 11 is 0. The fraction of sp³-hybridized carbons (Fsp3) is 0.0769. The van der Waals surface area contributed by atoms with Crippen molar-refractivity contribution in [2.75, 3.05) is 12.8 Å². The summed E-state index contributed by atoms with van der Waals surface area (Å²) in [6.45, 7) is 0. The van der Waals surface area contributed by atoms with Crippen molar-refractivity contribution < 1.29 is 9.53 Å². The van der Waals surface area contributed by atoms with Gasteiger partial charge in [0.25, 0.3) is 5.91 Å². The molecule has 3 N–H and O–H groups in total. The summed E-state index contributed by atoms with van der Waals surface area (Å²) in [7, 11) is 1.56. The molecule has 0 aliphatic carbocycles. The number of pyridine rings is 1. The molecule has 0 radical (unpaired) electrons. The van der Waals surface area contributed by atoms with Crippen LogP contribution in [0.15, 0.2) is 42.6 Å². The van der Waals surface area contributed by atoms with Gasteiger partial charge in [0.2, 0.25) is 0 Å². The Morgan fingerprint density at radius 2 is 2.11 bits per heavy atom. The van der Waals surface area contributed by atoms with Crippen LogP contribution in [0.4, 0.5) is 5.69 Å². The molecular formula is C13H13N3O2. The van der Waals surface area contributed by atoms with Crippen molar-refractivity contribution in [1.82, 2.24) is 10.3 Å². The molecule has 5 nitrogen and oxygen atoms in total. The first-order valence-corrected chi connectivity index (χ1v) is 5.40. The minimum absolute atomic E-state index is 0.231. The maximum Gasteiger partial charge on any atom is 0.269 e. The largest absolute Gasteiger partial charge is 0.456 e. The lowest BCUT2D eigenvalue weighted by Gasteiger charge is -2.06. The Morgan fingerprint density at radius 3 is 2.72 bits per heavy atom. The normalized spacial score (nSPS) is 9.83. The average Bonchev–Trinajstić information content (AvgIpc) is 2.39. The number of benzene rings is 1. The molecule has 0 fully saturated rings. The molecule has 0 spiro atoms. The second-order valence-electron chi connectivity index (χ2n) is 3.63. The number of anilines is 1. The Labute approximate surface area is 105 Å². The molecule has 0 atom stereocenters. The summed E-state index contributed by atoms with van der Waals surface area (Å²) in [4.78, 5) is 15.3. The first-order chi connectivity index (χ1) is 8.69. The predicted molar refractivity (Wildman–Crippen MR) is 68.6 cm³/mol. The van der Waals surface area contributed by atoms with Gasteiger partial charge in [0, 0.05) is 18.8 Å². The van der Waals surface area contributed by atoms with E-state index in [1.54, 1.807) is 43.4 Å². The maximum absolute atomic E-state index is 11.3. The Kier molecular flexibility index (Phi) is 3.43. The highest BCUT2D eigenvalue weighted by Gasteiger charge is 2.05. The lowest BCUT2D eigenvalue weighted by atomic mass is 10.3. The highest BCUT2D eigenvalue weighted by atomic mass is 16.5. The Hall–Kier alpha value is -2.56. The molecule has 0 bridgehead atoms. The first-order valence-electron chi connectivity index (χ1n) is 5.40. The van der Waals surface area contributed by atoms with Crippen LogP contribution in [-0.2, 0) is 0 Å². The number of ether oxygens (including phenoxy) is 1. The molecule has 92 valence electrons. The maximum atomic E-state index is 11.3. The molecule has 1 heterocycles. The number of nitrogens with one attached hydrogen (secondary N) is 1. The monoisotopic (exact) mass is 243 g/mol. The summed E-state index contributed by atoms with van der Waals surface area (Å²) in [5.41, 5.74) is 6.62. The van der Waals surface area contributed by atoms with Crippen molar-refractivity contribution >= 4 is 11.6 Å². The topological polar surface area (TPSA) is 77.2 Å². The van der Waals surface area contributed by atoms with Crippen molar-refractivity contribution in [2.24, 2.45) is 0 Å². The van der Waals surface area contributed by atoms with Crippen LogP contribution in [-0.4, -0.2) is 17.9 Å². The minimum Gasteiger partial charge on any atom is -0.456 e. The molecule has 1 aromatic carbocycles. The second kappa shape index (κ2) is 5.18. The van der Waals surface area contributed by atoms with Gasteiger partial charge < -0.3 is 15.8 Å². The van der Waals surface area contributed by atoms with E-state index in [-0.39, 0.29) is 5.91 Å². The summed E-state index contributed by atoms with van der Waals surface area (Å²) in [5, 5.41) is 2.50. The lowest BCUT2D eigenvalue weighted by molar-refractivity contribution is 0.0958. The predicted octanol–water partition coefficient (Wildman–Crippen LogP) is 1.82. The van der Waals surface area contributed by atoms with E-state index >= 15 is 0 Å². The fourth-order valence-electron chi connectivity index (χ4n) is 1.42. The van der Waals surface area contributed by atoms with Crippen LogP contribution in [0.5, 0.6) is 11.5 Å². The van der Waals surface area contributed by atoms with Crippen LogP contribution in [0.25, 0.3) is 0 Å². The van der Waals surface area contributed by atoms with E-state index in [4.69, 9.17) is 10.5 Å². The molecule has 0 aliphatic rings. The molecule has 2 rings (SSSR count). The third-order valence-electron chi connectivity index (χ3n) is 2.29. The number of hydrogen-bond acceptors (Lipinski definition) is 4. The van der Waals surface area contributed by atoms with Crippen LogP contribution in [0.1, 0.15) is 10.5 Å². The van der Waals surface area contributed by atoms with E-state index in [2.05, 4.69) is 10.3 Å². The van der Waals surface area contributed by atoms with Gasteiger partial charge in [-0.15, -0.1) is 0 Å². The number of aromatic nitrogens is 1. The molecule has 1 aromatic heterocycles. The third kappa shape index (κ3) is 2.76. The van der Waals surface area contributed by atoms with Crippen LogP contribution in [0.2, 0.25) is 0 Å². The Morgan fingerprint density at radius 1 is 1.28 bits per heavy atom. The number of hydrogen-bond donors (Lipinski definition) is 2. The zero-order valence-electron chi connectivity index (χ0n) is 9.88. The van der Waals surface area contributed by atoms with Crippen molar-refractivity contribution in [3.8, 4) is 11.5 Å². The summed E-state index contributed by atoms with van der Waals surface area (Å²) in [6, 6.07) is 10.4. The van der Waals surface area contributed by atoms with Crippen molar-refractivity contribution in [3.05, 3.63) is 48.3 Å². The summed E-state index contributed by atoms with van der Waals surface area (Å²) in [6.07, 6.45) is 1.49. The zero-order valence-corrected chi connectivity index (χ0v) is 9.88. The van der Waals surface area contributed by atoms with Gasteiger partial charge in [-0.3, -0.25) is 4.79 Å². The SMILES string of the molecule is CNC(=O)c1ccc(Oc2cccc(N)c2)cn1. The molecule has 2 aromatic rings. The number of nitrogens with two attached hydrogens (primary N) is 1. The van der Waals surface area contributed by atoms with Gasteiger partial charge in [-0.05, 0) is 24.3 Å². The van der Waals surface area contributed by atoms with Crippen LogP contribution < -0.4 is 15.8 Å². The molecule has 5 heteroatoms. The van der Waals surface area contributed by atoms with Gasteiger partial charge in [-0.2, -0.15) is 0 Å². The quantitative estimate of drug-likeness (QED) is 0.806. The van der Waals surface area contributed by atoms with Gasteiger partial charge in [-0.1, -0.05) is 6.07 Å². The van der Waals surface area contributed by atoms with Crippen molar-refractivity contribution in [3.63, 3.8) is 0 Å². The van der Waals surface area contributed by atoms with E-state index in [0.29, 0.717) is 22.9 Å². The first kappa shape index (κ1) is 11.9. The van der Waals surface area contributed by atoms with E-state index in [1.165, 1.54) is 6.20 Å². The highest BCUT2D eigenvalue weighted by Crippen LogP contribution is 2.22. The number of nitrogen functional groups attached to an aromatic ring is 1. The van der Waals surface area contributed by atoms with E-state index in [1.807, 2.05) is 0 Å². The van der Waals surface area contributed by atoms with Gasteiger partial charge in [0.15, 0.2) is 0 Å². The second-order valence-corrected chi connectivity index (χ2v) is 3.63. The van der Waals surface area contributed by atoms with Crippen molar-refractivity contribution in [1.29, 1.82) is 0 Å². The summed E-state index contributed by atoms with van der Waals surface area (Å²) < 4.78 is 5.55. The Bertz CT molecular complexity index is 552. The van der Waals surface area contributed by atoms with Gasteiger partial charge in [0.1, 0.15) is 17.2 Å². The highest BCUT2D eigenvalue weighted by molar-refractivity contribution is 5.91. The molecular weight excluding hydrogens is 230 g/mol. The number of carbonyl (C=O) groups is 1. The van der Waals surface area contributed by atoms with E-state index < -0.39 is 0 Å². The van der Waals surface area contributed by atoms with Crippen LogP contribution in [0, 0.1) is 0 Å². The Balaban J connectivity index is 2.13. The number of nitrogens with zero attached hydrogens (tertiary/aromatic N) is 1. The van der Waals surface area contributed by atoms with Crippen LogP contribution in [0.3, 0.4) is 0 Å². The smallest absolute Gasteiger partial charge is 0.269 e. The van der Waals surface area contributed by atoms with E-state index in [9.17, 15) is 4.79 Å². The minimum atomic E-state index is -0.231. The van der Waals surface area contributed by atoms with Gasteiger partial charge in [0.05, 0.1) is 6.20 Å². The number of rotatable bonds is 3. The number of carbonyl (C=O) groups excluding carboxylic acids is 1. The number of amides is 1. The molecule has 0 saturated carbocycles. The average molecular weight is 243 g/mol. The van der Waals surface area contributed by atoms with Gasteiger partial charge >= 0.3 is 0 Å².